The molecule has 0 spiro atoms. The lowest BCUT2D eigenvalue weighted by Gasteiger charge is -2.32. The molecule has 3 nitrogen and oxygen atoms in total. The average molecular weight is 277 g/mol. The van der Waals surface area contributed by atoms with Crippen LogP contribution in [0, 0.1) is 17.8 Å². The van der Waals surface area contributed by atoms with Crippen LogP contribution in [0.4, 0.5) is 0 Å². The third-order valence-electron chi connectivity index (χ3n) is 4.26. The van der Waals surface area contributed by atoms with Crippen molar-refractivity contribution in [1.29, 1.82) is 0 Å². The summed E-state index contributed by atoms with van der Waals surface area (Å²) < 4.78 is 0. The van der Waals surface area contributed by atoms with Gasteiger partial charge in [0.2, 0.25) is 5.91 Å². The van der Waals surface area contributed by atoms with Crippen LogP contribution in [-0.4, -0.2) is 18.0 Å². The molecular weight excluding hydrogens is 248 g/mol. The van der Waals surface area contributed by atoms with E-state index in [1.165, 1.54) is 12.8 Å². The van der Waals surface area contributed by atoms with E-state index < -0.39 is 0 Å². The van der Waals surface area contributed by atoms with Crippen molar-refractivity contribution in [2.45, 2.75) is 65.5 Å². The number of carbonyl (C=O) groups is 1. The molecule has 2 unspecified atom stereocenters. The summed E-state index contributed by atoms with van der Waals surface area (Å²) in [6, 6.07) is 0.306. The van der Waals surface area contributed by atoms with E-state index in [1.807, 2.05) is 13.8 Å². The molecule has 18 heavy (non-hydrogen) atoms. The van der Waals surface area contributed by atoms with Gasteiger partial charge in [-0.1, -0.05) is 20.8 Å². The number of nitrogens with two attached hydrogens (primary N) is 1. The van der Waals surface area contributed by atoms with Crippen molar-refractivity contribution in [2.75, 3.05) is 0 Å². The van der Waals surface area contributed by atoms with Crippen LogP contribution in [0.1, 0.15) is 53.4 Å². The molecule has 0 heterocycles. The molecular formula is C14H29ClN2O. The minimum absolute atomic E-state index is 0. The maximum Gasteiger partial charge on any atom is 0.224 e. The van der Waals surface area contributed by atoms with E-state index in [1.54, 1.807) is 0 Å². The summed E-state index contributed by atoms with van der Waals surface area (Å²) in [6.45, 7) is 8.38. The van der Waals surface area contributed by atoms with E-state index in [0.29, 0.717) is 6.04 Å². The third kappa shape index (κ3) is 5.15. The van der Waals surface area contributed by atoms with Gasteiger partial charge in [-0.2, -0.15) is 0 Å². The Morgan fingerprint density at radius 2 is 1.61 bits per heavy atom. The fourth-order valence-electron chi connectivity index (χ4n) is 2.50. The van der Waals surface area contributed by atoms with Gasteiger partial charge in [0.1, 0.15) is 0 Å². The quantitative estimate of drug-likeness (QED) is 0.830. The fourth-order valence-corrected chi connectivity index (χ4v) is 2.50. The zero-order valence-electron chi connectivity index (χ0n) is 12.1. The number of halogens is 1. The zero-order valence-corrected chi connectivity index (χ0v) is 12.9. The van der Waals surface area contributed by atoms with E-state index in [-0.39, 0.29) is 30.3 Å². The van der Waals surface area contributed by atoms with Crippen molar-refractivity contribution in [3.05, 3.63) is 0 Å². The van der Waals surface area contributed by atoms with Gasteiger partial charge in [0.05, 0.1) is 0 Å². The normalized spacial score (nSPS) is 27.2. The molecule has 1 amide bonds. The number of hydrogen-bond donors (Lipinski definition) is 2. The molecule has 0 bridgehead atoms. The Balaban J connectivity index is 0.00000289. The minimum atomic E-state index is -0.0853. The molecule has 1 fully saturated rings. The van der Waals surface area contributed by atoms with Crippen LogP contribution in [0.3, 0.4) is 0 Å². The third-order valence-corrected chi connectivity index (χ3v) is 4.26. The van der Waals surface area contributed by atoms with Gasteiger partial charge in [0.25, 0.3) is 0 Å². The molecule has 0 aromatic heterocycles. The van der Waals surface area contributed by atoms with Crippen molar-refractivity contribution in [2.24, 2.45) is 23.5 Å². The summed E-state index contributed by atoms with van der Waals surface area (Å²) in [5, 5.41) is 3.14. The first-order valence-corrected chi connectivity index (χ1v) is 6.97. The summed E-state index contributed by atoms with van der Waals surface area (Å²) in [6.07, 6.45) is 4.74. The van der Waals surface area contributed by atoms with E-state index >= 15 is 0 Å². The standard InChI is InChI=1S/C14H28N2O.ClH/c1-9(2)12-5-7-13(8-6-12)16-14(17)10(3)11(4)15;/h9-13H,5-8,15H2,1-4H3,(H,16,17);1H. The Labute approximate surface area is 118 Å². The molecule has 1 rings (SSSR count). The predicted octanol–water partition coefficient (Wildman–Crippen LogP) is 2.72. The van der Waals surface area contributed by atoms with Gasteiger partial charge in [-0.25, -0.2) is 0 Å². The molecule has 0 radical (unpaired) electrons. The molecule has 1 aliphatic rings. The molecule has 4 heteroatoms. The topological polar surface area (TPSA) is 55.1 Å². The van der Waals surface area contributed by atoms with Gasteiger partial charge in [-0.05, 0) is 44.4 Å². The van der Waals surface area contributed by atoms with Crippen LogP contribution < -0.4 is 11.1 Å². The van der Waals surface area contributed by atoms with Gasteiger partial charge in [0.15, 0.2) is 0 Å². The van der Waals surface area contributed by atoms with Crippen LogP contribution in [0.15, 0.2) is 0 Å². The van der Waals surface area contributed by atoms with Gasteiger partial charge in [-0.15, -0.1) is 12.4 Å². The van der Waals surface area contributed by atoms with Crippen LogP contribution in [0.2, 0.25) is 0 Å². The number of nitrogens with one attached hydrogen (secondary N) is 1. The number of rotatable bonds is 4. The molecule has 0 saturated heterocycles. The summed E-state index contributed by atoms with van der Waals surface area (Å²) in [7, 11) is 0. The fraction of sp³-hybridized carbons (Fsp3) is 0.929. The van der Waals surface area contributed by atoms with E-state index in [9.17, 15) is 4.79 Å². The summed E-state index contributed by atoms with van der Waals surface area (Å²) in [5.74, 6) is 1.65. The number of amides is 1. The highest BCUT2D eigenvalue weighted by molar-refractivity contribution is 5.85. The zero-order chi connectivity index (χ0) is 13.0. The maximum absolute atomic E-state index is 11.9. The predicted molar refractivity (Wildman–Crippen MR) is 78.8 cm³/mol. The van der Waals surface area contributed by atoms with E-state index in [2.05, 4.69) is 19.2 Å². The van der Waals surface area contributed by atoms with Crippen molar-refractivity contribution >= 4 is 18.3 Å². The first-order valence-electron chi connectivity index (χ1n) is 6.97. The van der Waals surface area contributed by atoms with Gasteiger partial charge < -0.3 is 11.1 Å². The second-order valence-corrected chi connectivity index (χ2v) is 6.01. The molecule has 1 saturated carbocycles. The molecule has 108 valence electrons. The molecule has 0 aromatic carbocycles. The molecule has 2 atom stereocenters. The molecule has 0 aliphatic heterocycles. The van der Waals surface area contributed by atoms with Crippen LogP contribution in [0.5, 0.6) is 0 Å². The van der Waals surface area contributed by atoms with Gasteiger partial charge in [-0.3, -0.25) is 4.79 Å². The SMILES string of the molecule is CC(C)C1CCC(NC(=O)C(C)C(C)N)CC1.Cl. The molecule has 3 N–H and O–H groups in total. The van der Waals surface area contributed by atoms with Gasteiger partial charge in [0, 0.05) is 18.0 Å². The second kappa shape index (κ2) is 8.00. The average Bonchev–Trinajstić information content (AvgIpc) is 2.28. The van der Waals surface area contributed by atoms with Crippen LogP contribution in [-0.2, 0) is 4.79 Å². The lowest BCUT2D eigenvalue weighted by Crippen LogP contribution is -2.44. The summed E-state index contributed by atoms with van der Waals surface area (Å²) in [5.41, 5.74) is 5.74. The Kier molecular flexibility index (Phi) is 7.88. The largest absolute Gasteiger partial charge is 0.353 e. The van der Waals surface area contributed by atoms with E-state index in [4.69, 9.17) is 5.73 Å². The van der Waals surface area contributed by atoms with Crippen molar-refractivity contribution in [3.8, 4) is 0 Å². The Morgan fingerprint density at radius 1 is 1.11 bits per heavy atom. The van der Waals surface area contributed by atoms with Crippen molar-refractivity contribution in [1.82, 2.24) is 5.32 Å². The Hall–Kier alpha value is -0.280. The van der Waals surface area contributed by atoms with Crippen LogP contribution in [0.25, 0.3) is 0 Å². The number of carbonyl (C=O) groups excluding carboxylic acids is 1. The van der Waals surface area contributed by atoms with Crippen molar-refractivity contribution < 1.29 is 4.79 Å². The van der Waals surface area contributed by atoms with Crippen LogP contribution >= 0.6 is 12.4 Å². The van der Waals surface area contributed by atoms with E-state index in [0.717, 1.165) is 24.7 Å². The minimum Gasteiger partial charge on any atom is -0.353 e. The van der Waals surface area contributed by atoms with Crippen molar-refractivity contribution in [3.63, 3.8) is 0 Å². The first-order chi connectivity index (χ1) is 7.91. The molecule has 0 aromatic rings. The second-order valence-electron chi connectivity index (χ2n) is 6.01. The first kappa shape index (κ1) is 17.7. The lowest BCUT2D eigenvalue weighted by molar-refractivity contribution is -0.125. The monoisotopic (exact) mass is 276 g/mol. The summed E-state index contributed by atoms with van der Waals surface area (Å²) in [4.78, 5) is 11.9. The lowest BCUT2D eigenvalue weighted by atomic mass is 9.79. The number of hydrogen-bond acceptors (Lipinski definition) is 2. The molecule has 1 aliphatic carbocycles. The highest BCUT2D eigenvalue weighted by Gasteiger charge is 2.26. The highest BCUT2D eigenvalue weighted by atomic mass is 35.5. The highest BCUT2D eigenvalue weighted by Crippen LogP contribution is 2.29. The maximum atomic E-state index is 11.9. The Morgan fingerprint density at radius 3 is 2.00 bits per heavy atom. The summed E-state index contributed by atoms with van der Waals surface area (Å²) >= 11 is 0. The smallest absolute Gasteiger partial charge is 0.224 e. The van der Waals surface area contributed by atoms with Gasteiger partial charge >= 0.3 is 0 Å². The Bertz CT molecular complexity index is 248.